The average molecular weight is 314 g/mol. The molecular formula is C13H13ClFN3OS. The van der Waals surface area contributed by atoms with Gasteiger partial charge in [-0.05, 0) is 17.7 Å². The molecule has 7 heteroatoms. The third-order valence-electron chi connectivity index (χ3n) is 2.46. The molecule has 0 fully saturated rings. The van der Waals surface area contributed by atoms with Crippen molar-refractivity contribution in [3.05, 3.63) is 53.1 Å². The van der Waals surface area contributed by atoms with Gasteiger partial charge in [0, 0.05) is 12.7 Å². The molecule has 2 rings (SSSR count). The Kier molecular flexibility index (Phi) is 5.43. The lowest BCUT2D eigenvalue weighted by atomic mass is 10.2. The number of carbonyl (C=O) groups excluding carboxylic acids is 1. The molecule has 1 heterocycles. The van der Waals surface area contributed by atoms with Crippen LogP contribution in [0.2, 0.25) is 5.02 Å². The van der Waals surface area contributed by atoms with Crippen LogP contribution in [-0.4, -0.2) is 21.4 Å². The fourth-order valence-corrected chi connectivity index (χ4v) is 2.36. The van der Waals surface area contributed by atoms with Gasteiger partial charge in [-0.1, -0.05) is 23.7 Å². The summed E-state index contributed by atoms with van der Waals surface area (Å²) < 4.78 is 14.4. The summed E-state index contributed by atoms with van der Waals surface area (Å²) in [5.74, 6) is 0.543. The summed E-state index contributed by atoms with van der Waals surface area (Å²) in [6, 6.07) is 6.04. The second kappa shape index (κ2) is 7.31. The Morgan fingerprint density at radius 1 is 1.40 bits per heavy atom. The van der Waals surface area contributed by atoms with E-state index in [9.17, 15) is 9.18 Å². The normalized spacial score (nSPS) is 10.5. The molecule has 2 aromatic rings. The lowest BCUT2D eigenvalue weighted by molar-refractivity contribution is -0.118. The topological polar surface area (TPSA) is 46.9 Å². The highest BCUT2D eigenvalue weighted by atomic mass is 35.5. The van der Waals surface area contributed by atoms with Crippen molar-refractivity contribution in [2.75, 3.05) is 5.75 Å². The summed E-state index contributed by atoms with van der Waals surface area (Å²) in [7, 11) is 0. The van der Waals surface area contributed by atoms with Crippen LogP contribution in [0, 0.1) is 5.82 Å². The molecule has 0 aliphatic heterocycles. The van der Waals surface area contributed by atoms with E-state index in [4.69, 9.17) is 11.6 Å². The fourth-order valence-electron chi connectivity index (χ4n) is 1.49. The smallest absolute Gasteiger partial charge is 0.230 e. The predicted octanol–water partition coefficient (Wildman–Crippen LogP) is 2.68. The van der Waals surface area contributed by atoms with E-state index in [1.165, 1.54) is 23.9 Å². The zero-order chi connectivity index (χ0) is 14.4. The molecule has 0 unspecified atom stereocenters. The van der Waals surface area contributed by atoms with Gasteiger partial charge < -0.3 is 5.32 Å². The standard InChI is InChI=1S/C13H13ClFN3OS/c14-11-6-17-18(7-11)9-20-8-13(19)16-5-10-1-3-12(15)4-2-10/h1-4,6-7H,5,8-9H2,(H,16,19). The van der Waals surface area contributed by atoms with Crippen LogP contribution in [0.4, 0.5) is 4.39 Å². The maximum absolute atomic E-state index is 12.7. The monoisotopic (exact) mass is 313 g/mol. The first kappa shape index (κ1) is 14.9. The van der Waals surface area contributed by atoms with Gasteiger partial charge in [0.2, 0.25) is 5.91 Å². The van der Waals surface area contributed by atoms with Gasteiger partial charge in [0.1, 0.15) is 5.82 Å². The van der Waals surface area contributed by atoms with Crippen LogP contribution in [-0.2, 0) is 17.2 Å². The first-order valence-electron chi connectivity index (χ1n) is 5.90. The minimum atomic E-state index is -0.284. The minimum Gasteiger partial charge on any atom is -0.351 e. The van der Waals surface area contributed by atoms with Gasteiger partial charge in [-0.3, -0.25) is 9.48 Å². The number of rotatable bonds is 6. The highest BCUT2D eigenvalue weighted by molar-refractivity contribution is 7.99. The summed E-state index contributed by atoms with van der Waals surface area (Å²) in [6.07, 6.45) is 3.25. The van der Waals surface area contributed by atoms with Gasteiger partial charge in [0.15, 0.2) is 0 Å². The van der Waals surface area contributed by atoms with Gasteiger partial charge in [-0.2, -0.15) is 5.10 Å². The number of carbonyl (C=O) groups is 1. The lowest BCUT2D eigenvalue weighted by Gasteiger charge is -2.05. The Balaban J connectivity index is 1.66. The van der Waals surface area contributed by atoms with Crippen molar-refractivity contribution in [1.82, 2.24) is 15.1 Å². The van der Waals surface area contributed by atoms with E-state index in [2.05, 4.69) is 10.4 Å². The molecule has 0 aliphatic rings. The Labute approximate surface area is 125 Å². The number of amides is 1. The third kappa shape index (κ3) is 4.86. The summed E-state index contributed by atoms with van der Waals surface area (Å²) in [4.78, 5) is 11.6. The summed E-state index contributed by atoms with van der Waals surface area (Å²) in [5.41, 5.74) is 0.864. The molecule has 1 amide bonds. The van der Waals surface area contributed by atoms with Crippen LogP contribution in [0.15, 0.2) is 36.7 Å². The first-order valence-corrected chi connectivity index (χ1v) is 7.43. The fraction of sp³-hybridized carbons (Fsp3) is 0.231. The maximum atomic E-state index is 12.7. The van der Waals surface area contributed by atoms with Crippen LogP contribution in [0.5, 0.6) is 0 Å². The SMILES string of the molecule is O=C(CSCn1cc(Cl)cn1)NCc1ccc(F)cc1. The van der Waals surface area contributed by atoms with E-state index in [0.717, 1.165) is 5.56 Å². The van der Waals surface area contributed by atoms with Gasteiger partial charge >= 0.3 is 0 Å². The number of hydrogen-bond donors (Lipinski definition) is 1. The lowest BCUT2D eigenvalue weighted by Crippen LogP contribution is -2.24. The number of thioether (sulfide) groups is 1. The number of benzene rings is 1. The molecule has 0 bridgehead atoms. The van der Waals surface area contributed by atoms with E-state index in [0.29, 0.717) is 23.2 Å². The molecule has 20 heavy (non-hydrogen) atoms. The molecular weight excluding hydrogens is 301 g/mol. The van der Waals surface area contributed by atoms with Crippen LogP contribution in [0.1, 0.15) is 5.56 Å². The van der Waals surface area contributed by atoms with Crippen LogP contribution in [0.3, 0.4) is 0 Å². The molecule has 1 N–H and O–H groups in total. The van der Waals surface area contributed by atoms with Crippen LogP contribution in [0.25, 0.3) is 0 Å². The molecule has 4 nitrogen and oxygen atoms in total. The second-order valence-electron chi connectivity index (χ2n) is 4.08. The molecule has 0 atom stereocenters. The van der Waals surface area contributed by atoms with Crippen molar-refractivity contribution in [2.24, 2.45) is 0 Å². The van der Waals surface area contributed by atoms with Crippen LogP contribution < -0.4 is 5.32 Å². The highest BCUT2D eigenvalue weighted by Gasteiger charge is 2.03. The minimum absolute atomic E-state index is 0.0717. The molecule has 1 aromatic heterocycles. The molecule has 0 spiro atoms. The van der Waals surface area contributed by atoms with Gasteiger partial charge in [0.25, 0.3) is 0 Å². The van der Waals surface area contributed by atoms with E-state index >= 15 is 0 Å². The van der Waals surface area contributed by atoms with Gasteiger partial charge in [-0.25, -0.2) is 4.39 Å². The van der Waals surface area contributed by atoms with Crippen molar-refractivity contribution in [3.8, 4) is 0 Å². The summed E-state index contributed by atoms with van der Waals surface area (Å²) in [6.45, 7) is 0.396. The van der Waals surface area contributed by atoms with Crippen molar-refractivity contribution in [3.63, 3.8) is 0 Å². The number of halogens is 2. The Bertz CT molecular complexity index is 573. The Morgan fingerprint density at radius 2 is 2.15 bits per heavy atom. The number of nitrogens with one attached hydrogen (secondary N) is 1. The second-order valence-corrected chi connectivity index (χ2v) is 5.47. The Morgan fingerprint density at radius 3 is 2.80 bits per heavy atom. The van der Waals surface area contributed by atoms with Crippen LogP contribution >= 0.6 is 23.4 Å². The largest absolute Gasteiger partial charge is 0.351 e. The van der Waals surface area contributed by atoms with E-state index in [1.54, 1.807) is 29.2 Å². The predicted molar refractivity (Wildman–Crippen MR) is 77.9 cm³/mol. The third-order valence-corrected chi connectivity index (χ3v) is 3.57. The summed E-state index contributed by atoms with van der Waals surface area (Å²) >= 11 is 7.17. The van der Waals surface area contributed by atoms with Crippen molar-refractivity contribution >= 4 is 29.3 Å². The van der Waals surface area contributed by atoms with Gasteiger partial charge in [-0.15, -0.1) is 11.8 Å². The zero-order valence-electron chi connectivity index (χ0n) is 10.6. The molecule has 0 saturated heterocycles. The van der Waals surface area contributed by atoms with E-state index in [-0.39, 0.29) is 11.7 Å². The molecule has 1 aromatic carbocycles. The van der Waals surface area contributed by atoms with Crippen molar-refractivity contribution in [1.29, 1.82) is 0 Å². The van der Waals surface area contributed by atoms with Crippen molar-refractivity contribution < 1.29 is 9.18 Å². The molecule has 0 aliphatic carbocycles. The van der Waals surface area contributed by atoms with Crippen molar-refractivity contribution in [2.45, 2.75) is 12.4 Å². The number of hydrogen-bond acceptors (Lipinski definition) is 3. The average Bonchev–Trinajstić information content (AvgIpc) is 2.84. The number of aromatic nitrogens is 2. The molecule has 106 valence electrons. The van der Waals surface area contributed by atoms with E-state index in [1.807, 2.05) is 0 Å². The maximum Gasteiger partial charge on any atom is 0.230 e. The van der Waals surface area contributed by atoms with Gasteiger partial charge in [0.05, 0.1) is 22.8 Å². The van der Waals surface area contributed by atoms with E-state index < -0.39 is 0 Å². The Hall–Kier alpha value is -1.53. The molecule has 0 saturated carbocycles. The quantitative estimate of drug-likeness (QED) is 0.892. The highest BCUT2D eigenvalue weighted by Crippen LogP contribution is 2.09. The molecule has 0 radical (unpaired) electrons. The zero-order valence-corrected chi connectivity index (χ0v) is 12.1. The number of nitrogens with zero attached hydrogens (tertiary/aromatic N) is 2. The first-order chi connectivity index (χ1) is 9.63. The summed E-state index contributed by atoms with van der Waals surface area (Å²) in [5, 5.41) is 7.36.